The van der Waals surface area contributed by atoms with Gasteiger partial charge in [-0.3, -0.25) is 14.4 Å². The van der Waals surface area contributed by atoms with Crippen molar-refractivity contribution in [1.82, 2.24) is 0 Å². The fraction of sp³-hybridized carbons (Fsp3) is 0.677. The lowest BCUT2D eigenvalue weighted by Gasteiger charge is -2.08. The first-order valence-corrected chi connectivity index (χ1v) is 14.4. The van der Waals surface area contributed by atoms with E-state index in [2.05, 4.69) is 17.1 Å². The van der Waals surface area contributed by atoms with Gasteiger partial charge in [-0.15, -0.1) is 0 Å². The molecule has 0 aliphatic carbocycles. The molecule has 0 saturated carbocycles. The minimum absolute atomic E-state index is 0.0331. The molecular weight excluding hydrogens is 464 g/mol. The number of esters is 1. The number of benzene rings is 1. The molecule has 6 nitrogen and oxygen atoms in total. The molecule has 6 heteroatoms. The van der Waals surface area contributed by atoms with Crippen LogP contribution in [0.15, 0.2) is 24.3 Å². The molecule has 0 spiro atoms. The third kappa shape index (κ3) is 16.6. The van der Waals surface area contributed by atoms with Gasteiger partial charge in [-0.05, 0) is 24.1 Å². The molecule has 0 radical (unpaired) electrons. The zero-order valence-electron chi connectivity index (χ0n) is 23.2. The summed E-state index contributed by atoms with van der Waals surface area (Å²) in [7, 11) is 0. The van der Waals surface area contributed by atoms with Gasteiger partial charge in [0, 0.05) is 25.5 Å². The third-order valence-electron chi connectivity index (χ3n) is 6.62. The van der Waals surface area contributed by atoms with E-state index in [0.717, 1.165) is 24.1 Å². The van der Waals surface area contributed by atoms with E-state index in [-0.39, 0.29) is 12.5 Å². The van der Waals surface area contributed by atoms with Crippen molar-refractivity contribution in [2.45, 2.75) is 129 Å². The van der Waals surface area contributed by atoms with E-state index in [4.69, 9.17) is 11.3 Å². The Balaban J connectivity index is 2.02. The van der Waals surface area contributed by atoms with E-state index in [1.54, 1.807) is 0 Å². The van der Waals surface area contributed by atoms with E-state index in [1.807, 2.05) is 24.3 Å². The number of carbonyl (C=O) groups is 3. The number of carbonyl (C=O) groups excluding carboxylic acids is 3. The second kappa shape index (κ2) is 21.4. The summed E-state index contributed by atoms with van der Waals surface area (Å²) in [6.45, 7) is 10.5. The Hall–Kier alpha value is -2.68. The SMILES string of the molecule is [C-]#[N+]C(C(C)=O)C(=O)OCCc1ccc(NC(=O)CCCCCCCCCCCCCCCCC)cc1. The molecular formula is C31H48N2O4. The van der Waals surface area contributed by atoms with Crippen molar-refractivity contribution < 1.29 is 19.1 Å². The molecule has 1 N–H and O–H groups in total. The Morgan fingerprint density at radius 2 is 1.30 bits per heavy atom. The zero-order valence-corrected chi connectivity index (χ0v) is 23.2. The van der Waals surface area contributed by atoms with Crippen LogP contribution in [0.25, 0.3) is 4.85 Å². The van der Waals surface area contributed by atoms with E-state index < -0.39 is 17.8 Å². The molecule has 206 valence electrons. The van der Waals surface area contributed by atoms with Gasteiger partial charge in [0.2, 0.25) is 11.7 Å². The van der Waals surface area contributed by atoms with Crippen LogP contribution in [-0.4, -0.2) is 30.3 Å². The predicted molar refractivity (Wildman–Crippen MR) is 150 cm³/mol. The van der Waals surface area contributed by atoms with E-state index in [1.165, 1.54) is 90.4 Å². The molecule has 0 aliphatic rings. The number of amides is 1. The molecule has 0 aromatic heterocycles. The summed E-state index contributed by atoms with van der Waals surface area (Å²) in [5.41, 5.74) is 1.69. The van der Waals surface area contributed by atoms with Crippen LogP contribution in [0.3, 0.4) is 0 Å². The average Bonchev–Trinajstić information content (AvgIpc) is 2.87. The summed E-state index contributed by atoms with van der Waals surface area (Å²) in [6.07, 6.45) is 20.6. The second-order valence-corrected chi connectivity index (χ2v) is 10.0. The monoisotopic (exact) mass is 512 g/mol. The Morgan fingerprint density at radius 1 is 0.811 bits per heavy atom. The maximum atomic E-state index is 12.2. The van der Waals surface area contributed by atoms with Crippen molar-refractivity contribution in [2.75, 3.05) is 11.9 Å². The molecule has 1 rings (SSSR count). The number of ketones is 1. The van der Waals surface area contributed by atoms with Crippen LogP contribution >= 0.6 is 0 Å². The van der Waals surface area contributed by atoms with Crippen molar-refractivity contribution in [3.05, 3.63) is 41.2 Å². The largest absolute Gasteiger partial charge is 0.459 e. The smallest absolute Gasteiger partial charge is 0.398 e. The third-order valence-corrected chi connectivity index (χ3v) is 6.62. The number of rotatable bonds is 22. The van der Waals surface area contributed by atoms with Crippen LogP contribution < -0.4 is 5.32 Å². The number of anilines is 1. The highest BCUT2D eigenvalue weighted by Gasteiger charge is 2.30. The van der Waals surface area contributed by atoms with Gasteiger partial charge in [-0.2, -0.15) is 0 Å². The summed E-state index contributed by atoms with van der Waals surface area (Å²) in [6, 6.07) is 6.03. The van der Waals surface area contributed by atoms with Crippen molar-refractivity contribution in [2.24, 2.45) is 0 Å². The fourth-order valence-corrected chi connectivity index (χ4v) is 4.29. The number of nitrogens with zero attached hydrogens (tertiary/aromatic N) is 1. The number of unbranched alkanes of at least 4 members (excludes halogenated alkanes) is 14. The highest BCUT2D eigenvalue weighted by atomic mass is 16.5. The number of hydrogen-bond donors (Lipinski definition) is 1. The predicted octanol–water partition coefficient (Wildman–Crippen LogP) is 7.85. The Labute approximate surface area is 224 Å². The van der Waals surface area contributed by atoms with Crippen molar-refractivity contribution >= 4 is 23.3 Å². The number of hydrogen-bond acceptors (Lipinski definition) is 4. The summed E-state index contributed by atoms with van der Waals surface area (Å²) in [5, 5.41) is 2.93. The summed E-state index contributed by atoms with van der Waals surface area (Å²) in [4.78, 5) is 38.2. The van der Waals surface area contributed by atoms with Gasteiger partial charge in [0.25, 0.3) is 0 Å². The van der Waals surface area contributed by atoms with Crippen LogP contribution in [0.2, 0.25) is 0 Å². The Kier molecular flexibility index (Phi) is 18.7. The molecule has 1 amide bonds. The number of ether oxygens (including phenoxy) is 1. The lowest BCUT2D eigenvalue weighted by molar-refractivity contribution is -0.146. The summed E-state index contributed by atoms with van der Waals surface area (Å²) in [5.74, 6) is -1.28. The molecule has 1 aromatic rings. The fourth-order valence-electron chi connectivity index (χ4n) is 4.29. The van der Waals surface area contributed by atoms with Gasteiger partial charge in [0.05, 0.1) is 6.61 Å². The maximum Gasteiger partial charge on any atom is 0.398 e. The summed E-state index contributed by atoms with van der Waals surface area (Å²) < 4.78 is 5.03. The first-order valence-electron chi connectivity index (χ1n) is 14.4. The quantitative estimate of drug-likeness (QED) is 0.0743. The second-order valence-electron chi connectivity index (χ2n) is 10.0. The highest BCUT2D eigenvalue weighted by molar-refractivity contribution is 6.03. The molecule has 37 heavy (non-hydrogen) atoms. The van der Waals surface area contributed by atoms with Gasteiger partial charge in [-0.25, -0.2) is 11.4 Å². The van der Waals surface area contributed by atoms with Gasteiger partial charge in [0.15, 0.2) is 0 Å². The van der Waals surface area contributed by atoms with Gasteiger partial charge < -0.3 is 10.1 Å². The molecule has 0 bridgehead atoms. The van der Waals surface area contributed by atoms with Crippen LogP contribution in [-0.2, 0) is 25.5 Å². The first-order chi connectivity index (χ1) is 18.0. The van der Waals surface area contributed by atoms with Crippen molar-refractivity contribution in [3.63, 3.8) is 0 Å². The molecule has 0 heterocycles. The Morgan fingerprint density at radius 3 is 1.76 bits per heavy atom. The lowest BCUT2D eigenvalue weighted by Crippen LogP contribution is -2.27. The number of Topliss-reactive ketones (excluding diaryl/α,β-unsaturated/α-hetero) is 1. The summed E-state index contributed by atoms with van der Waals surface area (Å²) >= 11 is 0. The van der Waals surface area contributed by atoms with E-state index in [9.17, 15) is 14.4 Å². The molecule has 1 atom stereocenters. The molecule has 0 fully saturated rings. The van der Waals surface area contributed by atoms with Crippen LogP contribution in [0.5, 0.6) is 0 Å². The molecule has 0 aliphatic heterocycles. The molecule has 0 saturated heterocycles. The molecule has 1 unspecified atom stereocenters. The van der Waals surface area contributed by atoms with Crippen LogP contribution in [0, 0.1) is 6.57 Å². The van der Waals surface area contributed by atoms with E-state index >= 15 is 0 Å². The van der Waals surface area contributed by atoms with Gasteiger partial charge in [-0.1, -0.05) is 109 Å². The van der Waals surface area contributed by atoms with Gasteiger partial charge >= 0.3 is 12.0 Å². The minimum atomic E-state index is -1.37. The first kappa shape index (κ1) is 32.3. The lowest BCUT2D eigenvalue weighted by atomic mass is 10.0. The van der Waals surface area contributed by atoms with Crippen molar-refractivity contribution in [1.29, 1.82) is 0 Å². The van der Waals surface area contributed by atoms with Crippen LogP contribution in [0.1, 0.15) is 122 Å². The topological polar surface area (TPSA) is 76.8 Å². The van der Waals surface area contributed by atoms with Crippen LogP contribution in [0.4, 0.5) is 5.69 Å². The van der Waals surface area contributed by atoms with Gasteiger partial charge in [0.1, 0.15) is 0 Å². The van der Waals surface area contributed by atoms with E-state index in [0.29, 0.717) is 12.8 Å². The number of nitrogens with one attached hydrogen (secondary N) is 1. The molecule has 1 aromatic carbocycles. The average molecular weight is 513 g/mol. The standard InChI is InChI=1S/C31H48N2O4/c1-4-5-6-7-8-9-10-11-12-13-14-15-16-17-18-19-29(35)33-28-22-20-27(21-23-28)24-25-37-31(36)30(32-3)26(2)34/h20-23,30H,4-19,24-25H2,1-2H3,(H,33,35). The highest BCUT2D eigenvalue weighted by Crippen LogP contribution is 2.15. The zero-order chi connectivity index (χ0) is 27.1. The maximum absolute atomic E-state index is 12.2. The minimum Gasteiger partial charge on any atom is -0.459 e. The van der Waals surface area contributed by atoms with Crippen molar-refractivity contribution in [3.8, 4) is 0 Å². The normalized spacial score (nSPS) is 11.5. The Bertz CT molecular complexity index is 813.